The molecule has 1 amide bonds. The number of imidazole rings is 1. The monoisotopic (exact) mass is 282 g/mol. The van der Waals surface area contributed by atoms with Crippen molar-refractivity contribution in [3.8, 4) is 0 Å². The second-order valence-corrected chi connectivity index (χ2v) is 4.28. The zero-order chi connectivity index (χ0) is 11.7. The normalized spacial score (nSPS) is 10.6. The third-order valence-electron chi connectivity index (χ3n) is 2.32. The number of halogens is 1. The fraction of sp³-hybridized carbons (Fsp3) is 0.200. The number of nitrogen functional groups attached to an aromatic ring is 1. The van der Waals surface area contributed by atoms with Crippen LogP contribution in [0.15, 0.2) is 22.7 Å². The van der Waals surface area contributed by atoms with Gasteiger partial charge in [-0.05, 0) is 18.2 Å². The topological polar surface area (TPSA) is 72.9 Å². The molecule has 0 unspecified atom stereocenters. The molecule has 0 fully saturated rings. The number of nitrogens with one attached hydrogen (secondary N) is 1. The number of rotatable bonds is 2. The molecule has 84 valence electrons. The van der Waals surface area contributed by atoms with E-state index in [-0.39, 0.29) is 12.5 Å². The molecule has 0 atom stereocenters. The van der Waals surface area contributed by atoms with Gasteiger partial charge in [0, 0.05) is 11.5 Å². The summed E-state index contributed by atoms with van der Waals surface area (Å²) in [5.41, 5.74) is 7.39. The lowest BCUT2D eigenvalue weighted by Gasteiger charge is -2.04. The first kappa shape index (κ1) is 10.9. The van der Waals surface area contributed by atoms with Crippen molar-refractivity contribution >= 4 is 38.8 Å². The molecule has 1 heterocycles. The van der Waals surface area contributed by atoms with E-state index in [0.29, 0.717) is 5.95 Å². The summed E-state index contributed by atoms with van der Waals surface area (Å²) in [6, 6.07) is 5.64. The number of likely N-dealkylation sites (N-methyl/N-ethyl adjacent to an activating group) is 1. The van der Waals surface area contributed by atoms with Crippen molar-refractivity contribution in [2.45, 2.75) is 6.54 Å². The lowest BCUT2D eigenvalue weighted by molar-refractivity contribution is -0.121. The summed E-state index contributed by atoms with van der Waals surface area (Å²) >= 11 is 3.36. The molecular formula is C10H11BrN4O. The summed E-state index contributed by atoms with van der Waals surface area (Å²) in [6.07, 6.45) is 0. The van der Waals surface area contributed by atoms with Crippen LogP contribution in [-0.4, -0.2) is 22.5 Å². The Hall–Kier alpha value is -1.56. The van der Waals surface area contributed by atoms with Crippen LogP contribution in [-0.2, 0) is 11.3 Å². The van der Waals surface area contributed by atoms with Gasteiger partial charge in [-0.15, -0.1) is 0 Å². The molecular weight excluding hydrogens is 272 g/mol. The first-order valence-electron chi connectivity index (χ1n) is 4.73. The van der Waals surface area contributed by atoms with E-state index in [4.69, 9.17) is 5.73 Å². The van der Waals surface area contributed by atoms with Gasteiger partial charge in [0.2, 0.25) is 11.9 Å². The summed E-state index contributed by atoms with van der Waals surface area (Å²) in [7, 11) is 1.59. The number of fused-ring (bicyclic) bond motifs is 1. The average Bonchev–Trinajstić information content (AvgIpc) is 2.54. The van der Waals surface area contributed by atoms with Crippen LogP contribution in [0.1, 0.15) is 0 Å². The van der Waals surface area contributed by atoms with Crippen LogP contribution in [0.3, 0.4) is 0 Å². The smallest absolute Gasteiger partial charge is 0.239 e. The van der Waals surface area contributed by atoms with Gasteiger partial charge in [-0.2, -0.15) is 0 Å². The Labute approximate surface area is 101 Å². The maximum absolute atomic E-state index is 11.3. The lowest BCUT2D eigenvalue weighted by atomic mass is 10.3. The molecule has 0 aliphatic carbocycles. The van der Waals surface area contributed by atoms with Gasteiger partial charge in [-0.1, -0.05) is 15.9 Å². The minimum atomic E-state index is -0.103. The summed E-state index contributed by atoms with van der Waals surface area (Å²) < 4.78 is 2.62. The number of anilines is 1. The highest BCUT2D eigenvalue weighted by Gasteiger charge is 2.10. The van der Waals surface area contributed by atoms with Gasteiger partial charge < -0.3 is 15.6 Å². The Morgan fingerprint density at radius 3 is 3.06 bits per heavy atom. The van der Waals surface area contributed by atoms with Crippen LogP contribution < -0.4 is 11.1 Å². The molecule has 1 aromatic heterocycles. The number of amides is 1. The van der Waals surface area contributed by atoms with E-state index >= 15 is 0 Å². The fourth-order valence-corrected chi connectivity index (χ4v) is 1.86. The Morgan fingerprint density at radius 2 is 2.38 bits per heavy atom. The van der Waals surface area contributed by atoms with Crippen LogP contribution in [0.4, 0.5) is 5.95 Å². The fourth-order valence-electron chi connectivity index (χ4n) is 1.51. The molecule has 16 heavy (non-hydrogen) atoms. The van der Waals surface area contributed by atoms with Crippen molar-refractivity contribution in [2.75, 3.05) is 12.8 Å². The van der Waals surface area contributed by atoms with E-state index in [9.17, 15) is 4.79 Å². The lowest BCUT2D eigenvalue weighted by Crippen LogP contribution is -2.24. The zero-order valence-corrected chi connectivity index (χ0v) is 10.3. The summed E-state index contributed by atoms with van der Waals surface area (Å²) in [5, 5.41) is 2.55. The number of hydrogen-bond acceptors (Lipinski definition) is 3. The van der Waals surface area contributed by atoms with Crippen LogP contribution >= 0.6 is 15.9 Å². The van der Waals surface area contributed by atoms with E-state index in [1.54, 1.807) is 11.6 Å². The van der Waals surface area contributed by atoms with E-state index in [2.05, 4.69) is 26.2 Å². The predicted octanol–water partition coefficient (Wildman–Crippen LogP) is 1.13. The van der Waals surface area contributed by atoms with Crippen LogP contribution in [0, 0.1) is 0 Å². The first-order chi connectivity index (χ1) is 7.61. The first-order valence-corrected chi connectivity index (χ1v) is 5.53. The highest BCUT2D eigenvalue weighted by molar-refractivity contribution is 9.10. The van der Waals surface area contributed by atoms with Crippen LogP contribution in [0.25, 0.3) is 11.0 Å². The highest BCUT2D eigenvalue weighted by atomic mass is 79.9. The van der Waals surface area contributed by atoms with Gasteiger partial charge in [0.05, 0.1) is 11.0 Å². The standard InChI is InChI=1S/C10H11BrN4O/c1-13-9(16)5-15-8-3-2-6(11)4-7(8)14-10(15)12/h2-4H,5H2,1H3,(H2,12,14)(H,13,16). The van der Waals surface area contributed by atoms with E-state index < -0.39 is 0 Å². The Kier molecular flexibility index (Phi) is 2.82. The second kappa shape index (κ2) is 4.13. The number of carbonyl (C=O) groups is 1. The van der Waals surface area contributed by atoms with Crippen molar-refractivity contribution in [3.05, 3.63) is 22.7 Å². The highest BCUT2D eigenvalue weighted by Crippen LogP contribution is 2.21. The number of aromatic nitrogens is 2. The zero-order valence-electron chi connectivity index (χ0n) is 8.70. The average molecular weight is 283 g/mol. The number of nitrogens with two attached hydrogens (primary N) is 1. The SMILES string of the molecule is CNC(=O)Cn1c(N)nc2cc(Br)ccc21. The molecule has 0 aliphatic rings. The van der Waals surface area contributed by atoms with Crippen LogP contribution in [0.5, 0.6) is 0 Å². The number of benzene rings is 1. The third kappa shape index (κ3) is 1.88. The summed E-state index contributed by atoms with van der Waals surface area (Å²) in [4.78, 5) is 15.5. The largest absolute Gasteiger partial charge is 0.369 e. The number of hydrogen-bond donors (Lipinski definition) is 2. The maximum Gasteiger partial charge on any atom is 0.239 e. The summed E-state index contributed by atoms with van der Waals surface area (Å²) in [5.74, 6) is 0.241. The molecule has 2 rings (SSSR count). The quantitative estimate of drug-likeness (QED) is 0.867. The Morgan fingerprint density at radius 1 is 1.62 bits per heavy atom. The minimum Gasteiger partial charge on any atom is -0.369 e. The molecule has 0 saturated heterocycles. The maximum atomic E-state index is 11.3. The van der Waals surface area contributed by atoms with Gasteiger partial charge in [0.25, 0.3) is 0 Å². The second-order valence-electron chi connectivity index (χ2n) is 3.36. The van der Waals surface area contributed by atoms with Crippen molar-refractivity contribution in [1.29, 1.82) is 0 Å². The van der Waals surface area contributed by atoms with Gasteiger partial charge >= 0.3 is 0 Å². The molecule has 6 heteroatoms. The third-order valence-corrected chi connectivity index (χ3v) is 2.81. The van der Waals surface area contributed by atoms with Crippen molar-refractivity contribution in [2.24, 2.45) is 0 Å². The molecule has 0 bridgehead atoms. The van der Waals surface area contributed by atoms with E-state index in [1.807, 2.05) is 18.2 Å². The predicted molar refractivity (Wildman–Crippen MR) is 65.9 cm³/mol. The number of carbonyl (C=O) groups excluding carboxylic acids is 1. The molecule has 1 aromatic carbocycles. The Bertz CT molecular complexity index is 549. The minimum absolute atomic E-state index is 0.103. The molecule has 2 aromatic rings. The molecule has 0 saturated carbocycles. The molecule has 5 nitrogen and oxygen atoms in total. The van der Waals surface area contributed by atoms with Gasteiger partial charge in [0.15, 0.2) is 0 Å². The molecule has 0 aliphatic heterocycles. The molecule has 0 spiro atoms. The van der Waals surface area contributed by atoms with Crippen molar-refractivity contribution in [3.63, 3.8) is 0 Å². The van der Waals surface area contributed by atoms with Crippen molar-refractivity contribution < 1.29 is 4.79 Å². The van der Waals surface area contributed by atoms with E-state index in [0.717, 1.165) is 15.5 Å². The van der Waals surface area contributed by atoms with Gasteiger partial charge in [-0.3, -0.25) is 4.79 Å². The number of nitrogens with zero attached hydrogens (tertiary/aromatic N) is 2. The van der Waals surface area contributed by atoms with Crippen LogP contribution in [0.2, 0.25) is 0 Å². The van der Waals surface area contributed by atoms with Crippen molar-refractivity contribution in [1.82, 2.24) is 14.9 Å². The Balaban J connectivity index is 2.52. The molecule has 3 N–H and O–H groups in total. The summed E-state index contributed by atoms with van der Waals surface area (Å²) in [6.45, 7) is 0.181. The van der Waals surface area contributed by atoms with Gasteiger partial charge in [0.1, 0.15) is 6.54 Å². The van der Waals surface area contributed by atoms with Gasteiger partial charge in [-0.25, -0.2) is 4.98 Å². The van der Waals surface area contributed by atoms with E-state index in [1.165, 1.54) is 0 Å². The molecule has 0 radical (unpaired) electrons.